The van der Waals surface area contributed by atoms with Gasteiger partial charge in [-0.3, -0.25) is 0 Å². The van der Waals surface area contributed by atoms with Crippen molar-refractivity contribution in [1.29, 1.82) is 0 Å². The van der Waals surface area contributed by atoms with Gasteiger partial charge in [-0.2, -0.15) is 0 Å². The Kier molecular flexibility index (Phi) is 4.46. The summed E-state index contributed by atoms with van der Waals surface area (Å²) in [6.07, 6.45) is 6.31. The third-order valence-electron chi connectivity index (χ3n) is 4.58. The number of benzene rings is 1. The van der Waals surface area contributed by atoms with Crippen LogP contribution in [0.3, 0.4) is 0 Å². The van der Waals surface area contributed by atoms with Gasteiger partial charge < -0.3 is 14.8 Å². The van der Waals surface area contributed by atoms with Crippen LogP contribution in [0.2, 0.25) is 0 Å². The number of fused-ring (bicyclic) bond motifs is 1. The van der Waals surface area contributed by atoms with E-state index in [0.29, 0.717) is 5.92 Å². The predicted molar refractivity (Wildman–Crippen MR) is 80.7 cm³/mol. The van der Waals surface area contributed by atoms with E-state index in [1.807, 2.05) is 0 Å². The summed E-state index contributed by atoms with van der Waals surface area (Å²) < 4.78 is 11.6. The molecule has 1 N–H and O–H groups in total. The highest BCUT2D eigenvalue weighted by atomic mass is 16.5. The summed E-state index contributed by atoms with van der Waals surface area (Å²) in [4.78, 5) is 0. The summed E-state index contributed by atoms with van der Waals surface area (Å²) in [7, 11) is 2.06. The first-order valence-electron chi connectivity index (χ1n) is 7.92. The minimum Gasteiger partial charge on any atom is -0.490 e. The number of hydrogen-bond acceptors (Lipinski definition) is 3. The van der Waals surface area contributed by atoms with Gasteiger partial charge in [-0.1, -0.05) is 18.9 Å². The van der Waals surface area contributed by atoms with Crippen LogP contribution >= 0.6 is 0 Å². The molecule has 20 heavy (non-hydrogen) atoms. The van der Waals surface area contributed by atoms with Crippen LogP contribution in [-0.2, 0) is 0 Å². The van der Waals surface area contributed by atoms with Crippen molar-refractivity contribution >= 4 is 0 Å². The van der Waals surface area contributed by atoms with E-state index in [0.717, 1.165) is 43.6 Å². The van der Waals surface area contributed by atoms with E-state index in [1.165, 1.54) is 31.2 Å². The Labute approximate surface area is 121 Å². The van der Waals surface area contributed by atoms with E-state index < -0.39 is 0 Å². The molecule has 0 bridgehead atoms. The number of nitrogens with one attached hydrogen (secondary N) is 1. The molecule has 0 spiro atoms. The predicted octanol–water partition coefficient (Wildman–Crippen LogP) is 3.34. The Balaban J connectivity index is 1.83. The maximum Gasteiger partial charge on any atom is 0.161 e. The lowest BCUT2D eigenvalue weighted by atomic mass is 9.75. The van der Waals surface area contributed by atoms with E-state index >= 15 is 0 Å². The largest absolute Gasteiger partial charge is 0.490 e. The first-order chi connectivity index (χ1) is 9.88. The smallest absolute Gasteiger partial charge is 0.161 e. The molecule has 1 saturated carbocycles. The van der Waals surface area contributed by atoms with Gasteiger partial charge in [0.15, 0.2) is 11.5 Å². The standard InChI is InChI=1S/C17H25NO2/c1-18-12-14-5-2-3-6-15(14)13-7-8-16-17(11-13)20-10-4-9-19-16/h7-8,11,14-15,18H,2-6,9-10,12H2,1H3. The molecule has 0 saturated heterocycles. The van der Waals surface area contributed by atoms with Gasteiger partial charge in [-0.05, 0) is 56.0 Å². The normalized spacial score (nSPS) is 26.1. The highest BCUT2D eigenvalue weighted by Gasteiger charge is 2.27. The van der Waals surface area contributed by atoms with E-state index in [9.17, 15) is 0 Å². The highest BCUT2D eigenvalue weighted by Crippen LogP contribution is 2.41. The van der Waals surface area contributed by atoms with Crippen molar-refractivity contribution in [1.82, 2.24) is 5.32 Å². The SMILES string of the molecule is CNCC1CCCCC1c1ccc2c(c1)OCCCO2. The van der Waals surface area contributed by atoms with Gasteiger partial charge in [0.2, 0.25) is 0 Å². The molecule has 3 rings (SSSR count). The lowest BCUT2D eigenvalue weighted by Crippen LogP contribution is -2.27. The molecule has 110 valence electrons. The van der Waals surface area contributed by atoms with Crippen LogP contribution in [0.25, 0.3) is 0 Å². The van der Waals surface area contributed by atoms with E-state index in [1.54, 1.807) is 0 Å². The number of ether oxygens (including phenoxy) is 2. The van der Waals surface area contributed by atoms with Gasteiger partial charge in [-0.25, -0.2) is 0 Å². The van der Waals surface area contributed by atoms with Crippen molar-refractivity contribution < 1.29 is 9.47 Å². The van der Waals surface area contributed by atoms with Crippen molar-refractivity contribution in [3.8, 4) is 11.5 Å². The summed E-state index contributed by atoms with van der Waals surface area (Å²) >= 11 is 0. The third-order valence-corrected chi connectivity index (χ3v) is 4.58. The van der Waals surface area contributed by atoms with Crippen molar-refractivity contribution in [2.45, 2.75) is 38.0 Å². The van der Waals surface area contributed by atoms with Crippen molar-refractivity contribution in [3.63, 3.8) is 0 Å². The van der Waals surface area contributed by atoms with Crippen molar-refractivity contribution in [2.24, 2.45) is 5.92 Å². The molecule has 2 unspecified atom stereocenters. The summed E-state index contributed by atoms with van der Waals surface area (Å²) in [5, 5.41) is 3.35. The molecule has 0 amide bonds. The van der Waals surface area contributed by atoms with Crippen LogP contribution in [0.1, 0.15) is 43.6 Å². The molecule has 2 atom stereocenters. The molecule has 2 aliphatic rings. The first kappa shape index (κ1) is 13.7. The molecule has 1 aliphatic heterocycles. The Morgan fingerprint density at radius 2 is 1.85 bits per heavy atom. The van der Waals surface area contributed by atoms with Crippen LogP contribution in [-0.4, -0.2) is 26.8 Å². The Bertz CT molecular complexity index is 445. The number of rotatable bonds is 3. The summed E-state index contributed by atoms with van der Waals surface area (Å²) in [5.41, 5.74) is 1.43. The fraction of sp³-hybridized carbons (Fsp3) is 0.647. The summed E-state index contributed by atoms with van der Waals surface area (Å²) in [6, 6.07) is 6.56. The zero-order valence-electron chi connectivity index (χ0n) is 12.4. The van der Waals surface area contributed by atoms with Crippen LogP contribution in [0.4, 0.5) is 0 Å². The van der Waals surface area contributed by atoms with Gasteiger partial charge >= 0.3 is 0 Å². The highest BCUT2D eigenvalue weighted by molar-refractivity contribution is 5.44. The molecule has 1 aromatic rings. The minimum absolute atomic E-state index is 0.661. The van der Waals surface area contributed by atoms with Crippen LogP contribution in [0.15, 0.2) is 18.2 Å². The quantitative estimate of drug-likeness (QED) is 0.917. The van der Waals surface area contributed by atoms with Crippen LogP contribution in [0.5, 0.6) is 11.5 Å². The minimum atomic E-state index is 0.661. The van der Waals surface area contributed by atoms with Gasteiger partial charge in [-0.15, -0.1) is 0 Å². The van der Waals surface area contributed by atoms with Gasteiger partial charge in [0.25, 0.3) is 0 Å². The first-order valence-corrected chi connectivity index (χ1v) is 7.92. The van der Waals surface area contributed by atoms with Gasteiger partial charge in [0.1, 0.15) is 0 Å². The second-order valence-electron chi connectivity index (χ2n) is 5.97. The van der Waals surface area contributed by atoms with Crippen LogP contribution < -0.4 is 14.8 Å². The molecule has 1 heterocycles. The molecule has 1 aliphatic carbocycles. The van der Waals surface area contributed by atoms with Gasteiger partial charge in [0.05, 0.1) is 13.2 Å². The molecule has 1 aromatic carbocycles. The fourth-order valence-electron chi connectivity index (χ4n) is 3.56. The summed E-state index contributed by atoms with van der Waals surface area (Å²) in [6.45, 7) is 2.64. The monoisotopic (exact) mass is 275 g/mol. The second-order valence-corrected chi connectivity index (χ2v) is 5.97. The molecule has 3 nitrogen and oxygen atoms in total. The maximum atomic E-state index is 5.83. The molecule has 0 radical (unpaired) electrons. The van der Waals surface area contributed by atoms with Crippen molar-refractivity contribution in [2.75, 3.05) is 26.8 Å². The lowest BCUT2D eigenvalue weighted by molar-refractivity contribution is 0.294. The average Bonchev–Trinajstić information content (AvgIpc) is 2.72. The zero-order valence-corrected chi connectivity index (χ0v) is 12.4. The topological polar surface area (TPSA) is 30.5 Å². The Morgan fingerprint density at radius 1 is 1.05 bits per heavy atom. The third kappa shape index (κ3) is 2.93. The molecular weight excluding hydrogens is 250 g/mol. The molecule has 1 fully saturated rings. The lowest BCUT2D eigenvalue weighted by Gasteiger charge is -2.32. The fourth-order valence-corrected chi connectivity index (χ4v) is 3.56. The number of hydrogen-bond donors (Lipinski definition) is 1. The maximum absolute atomic E-state index is 5.83. The van der Waals surface area contributed by atoms with Crippen LogP contribution in [0, 0.1) is 5.92 Å². The van der Waals surface area contributed by atoms with E-state index in [2.05, 4.69) is 30.6 Å². The zero-order chi connectivity index (χ0) is 13.8. The summed E-state index contributed by atoms with van der Waals surface area (Å²) in [5.74, 6) is 3.26. The second kappa shape index (κ2) is 6.49. The average molecular weight is 275 g/mol. The Morgan fingerprint density at radius 3 is 2.70 bits per heavy atom. The van der Waals surface area contributed by atoms with Gasteiger partial charge in [0, 0.05) is 6.42 Å². The van der Waals surface area contributed by atoms with E-state index in [4.69, 9.17) is 9.47 Å². The molecular formula is C17H25NO2. The molecule has 0 aromatic heterocycles. The van der Waals surface area contributed by atoms with Crippen molar-refractivity contribution in [3.05, 3.63) is 23.8 Å². The molecule has 3 heteroatoms. The van der Waals surface area contributed by atoms with E-state index in [-0.39, 0.29) is 0 Å². The Hall–Kier alpha value is -1.22.